The van der Waals surface area contributed by atoms with E-state index >= 15 is 0 Å². The molecule has 1 aliphatic heterocycles. The largest absolute Gasteiger partial charge is 0.378 e. The fourth-order valence-corrected chi connectivity index (χ4v) is 3.16. The molecular weight excluding hydrogens is 331 g/mol. The Bertz CT molecular complexity index is 727. The Morgan fingerprint density at radius 1 is 1.23 bits per heavy atom. The molecule has 0 spiro atoms. The third kappa shape index (κ3) is 5.05. The van der Waals surface area contributed by atoms with Gasteiger partial charge in [-0.3, -0.25) is 0 Å². The SMILES string of the molecule is CN(CCC[C@@H]1CCCO1)C(=O)Nc1ccc(-c2cccc(F)c2)cc1. The Hall–Kier alpha value is -2.40. The molecule has 4 nitrogen and oxygen atoms in total. The van der Waals surface area contributed by atoms with Crippen molar-refractivity contribution in [3.05, 3.63) is 54.3 Å². The third-order valence-electron chi connectivity index (χ3n) is 4.68. The average molecular weight is 356 g/mol. The van der Waals surface area contributed by atoms with Crippen molar-refractivity contribution in [2.24, 2.45) is 0 Å². The van der Waals surface area contributed by atoms with Crippen LogP contribution < -0.4 is 5.32 Å². The van der Waals surface area contributed by atoms with E-state index in [-0.39, 0.29) is 11.8 Å². The van der Waals surface area contributed by atoms with Crippen LogP contribution in [0.15, 0.2) is 48.5 Å². The Morgan fingerprint density at radius 3 is 2.73 bits per heavy atom. The van der Waals surface area contributed by atoms with E-state index in [1.165, 1.54) is 12.1 Å². The molecule has 2 aromatic rings. The summed E-state index contributed by atoms with van der Waals surface area (Å²) >= 11 is 0. The highest BCUT2D eigenvalue weighted by Gasteiger charge is 2.16. The standard InChI is InChI=1S/C21H25FN2O2/c1-24(13-3-7-20-8-4-14-26-20)21(25)23-19-11-9-16(10-12-19)17-5-2-6-18(22)15-17/h2,5-6,9-12,15,20H,3-4,7-8,13-14H2,1H3,(H,23,25)/t20-/m1/s1. The van der Waals surface area contributed by atoms with Crippen molar-refractivity contribution in [2.75, 3.05) is 25.5 Å². The summed E-state index contributed by atoms with van der Waals surface area (Å²) in [6.45, 7) is 1.57. The van der Waals surface area contributed by atoms with E-state index in [9.17, 15) is 9.18 Å². The molecule has 0 radical (unpaired) electrons. The van der Waals surface area contributed by atoms with Crippen LogP contribution in [0.4, 0.5) is 14.9 Å². The minimum Gasteiger partial charge on any atom is -0.378 e. The molecule has 0 aliphatic carbocycles. The molecule has 0 aromatic heterocycles. The van der Waals surface area contributed by atoms with Crippen molar-refractivity contribution in [3.8, 4) is 11.1 Å². The monoisotopic (exact) mass is 356 g/mol. The fraction of sp³-hybridized carbons (Fsp3) is 0.381. The number of halogens is 1. The zero-order valence-corrected chi connectivity index (χ0v) is 15.1. The molecule has 3 rings (SSSR count). The van der Waals surface area contributed by atoms with Crippen LogP contribution in [0.25, 0.3) is 11.1 Å². The van der Waals surface area contributed by atoms with Crippen LogP contribution in [0, 0.1) is 5.82 Å². The van der Waals surface area contributed by atoms with E-state index in [4.69, 9.17) is 4.74 Å². The molecule has 0 bridgehead atoms. The second kappa shape index (κ2) is 8.81. The first-order valence-electron chi connectivity index (χ1n) is 9.11. The number of nitrogens with zero attached hydrogens (tertiary/aromatic N) is 1. The maximum Gasteiger partial charge on any atom is 0.321 e. The second-order valence-corrected chi connectivity index (χ2v) is 6.72. The molecular formula is C21H25FN2O2. The van der Waals surface area contributed by atoms with Gasteiger partial charge in [0.05, 0.1) is 6.10 Å². The molecule has 2 amide bonds. The number of carbonyl (C=O) groups is 1. The highest BCUT2D eigenvalue weighted by atomic mass is 19.1. The van der Waals surface area contributed by atoms with Crippen LogP contribution in [0.2, 0.25) is 0 Å². The number of anilines is 1. The van der Waals surface area contributed by atoms with Crippen molar-refractivity contribution < 1.29 is 13.9 Å². The van der Waals surface area contributed by atoms with Gasteiger partial charge in [-0.05, 0) is 61.1 Å². The molecule has 1 N–H and O–H groups in total. The summed E-state index contributed by atoms with van der Waals surface area (Å²) in [5, 5.41) is 2.89. The van der Waals surface area contributed by atoms with Gasteiger partial charge in [0.1, 0.15) is 5.82 Å². The predicted molar refractivity (Wildman–Crippen MR) is 102 cm³/mol. The molecule has 0 saturated carbocycles. The number of amides is 2. The van der Waals surface area contributed by atoms with Gasteiger partial charge in [0.15, 0.2) is 0 Å². The topological polar surface area (TPSA) is 41.6 Å². The number of nitrogens with one attached hydrogen (secondary N) is 1. The summed E-state index contributed by atoms with van der Waals surface area (Å²) in [4.78, 5) is 14.0. The van der Waals surface area contributed by atoms with Crippen molar-refractivity contribution in [1.82, 2.24) is 4.90 Å². The number of hydrogen-bond acceptors (Lipinski definition) is 2. The summed E-state index contributed by atoms with van der Waals surface area (Å²) in [7, 11) is 1.80. The van der Waals surface area contributed by atoms with Crippen LogP contribution in [0.3, 0.4) is 0 Å². The quantitative estimate of drug-likeness (QED) is 0.798. The zero-order valence-electron chi connectivity index (χ0n) is 15.1. The molecule has 2 aromatic carbocycles. The highest BCUT2D eigenvalue weighted by molar-refractivity contribution is 5.89. The summed E-state index contributed by atoms with van der Waals surface area (Å²) < 4.78 is 18.9. The van der Waals surface area contributed by atoms with Gasteiger partial charge in [-0.2, -0.15) is 0 Å². The highest BCUT2D eigenvalue weighted by Crippen LogP contribution is 2.22. The van der Waals surface area contributed by atoms with E-state index in [1.54, 1.807) is 18.0 Å². The maximum atomic E-state index is 13.3. The van der Waals surface area contributed by atoms with E-state index in [0.717, 1.165) is 49.1 Å². The summed E-state index contributed by atoms with van der Waals surface area (Å²) in [5.41, 5.74) is 2.45. The van der Waals surface area contributed by atoms with E-state index < -0.39 is 0 Å². The van der Waals surface area contributed by atoms with Gasteiger partial charge in [-0.1, -0.05) is 24.3 Å². The third-order valence-corrected chi connectivity index (χ3v) is 4.68. The second-order valence-electron chi connectivity index (χ2n) is 6.72. The van der Waals surface area contributed by atoms with Gasteiger partial charge in [0.2, 0.25) is 0 Å². The summed E-state index contributed by atoms with van der Waals surface area (Å²) in [6, 6.07) is 13.8. The molecule has 5 heteroatoms. The predicted octanol–water partition coefficient (Wildman–Crippen LogP) is 4.92. The first-order chi connectivity index (χ1) is 12.6. The minimum absolute atomic E-state index is 0.129. The van der Waals surface area contributed by atoms with Crippen LogP contribution in [-0.2, 0) is 4.74 Å². The van der Waals surface area contributed by atoms with Gasteiger partial charge in [0.25, 0.3) is 0 Å². The minimum atomic E-state index is -0.260. The average Bonchev–Trinajstić information content (AvgIpc) is 3.15. The van der Waals surface area contributed by atoms with Crippen LogP contribution >= 0.6 is 0 Å². The molecule has 1 saturated heterocycles. The van der Waals surface area contributed by atoms with E-state index in [1.807, 2.05) is 30.3 Å². The van der Waals surface area contributed by atoms with Gasteiger partial charge in [0, 0.05) is 25.9 Å². The Morgan fingerprint density at radius 2 is 2.04 bits per heavy atom. The summed E-state index contributed by atoms with van der Waals surface area (Å²) in [5.74, 6) is -0.260. The van der Waals surface area contributed by atoms with E-state index in [0.29, 0.717) is 12.6 Å². The molecule has 1 aliphatic rings. The smallest absolute Gasteiger partial charge is 0.321 e. The lowest BCUT2D eigenvalue weighted by atomic mass is 10.1. The number of hydrogen-bond donors (Lipinski definition) is 1. The number of ether oxygens (including phenoxy) is 1. The van der Waals surface area contributed by atoms with Crippen LogP contribution in [0.1, 0.15) is 25.7 Å². The van der Waals surface area contributed by atoms with Crippen molar-refractivity contribution in [2.45, 2.75) is 31.8 Å². The van der Waals surface area contributed by atoms with E-state index in [2.05, 4.69) is 5.32 Å². The summed E-state index contributed by atoms with van der Waals surface area (Å²) in [6.07, 6.45) is 4.58. The van der Waals surface area contributed by atoms with Gasteiger partial charge in [-0.25, -0.2) is 9.18 Å². The van der Waals surface area contributed by atoms with Gasteiger partial charge in [-0.15, -0.1) is 0 Å². The van der Waals surface area contributed by atoms with Crippen LogP contribution in [0.5, 0.6) is 0 Å². The van der Waals surface area contributed by atoms with Crippen molar-refractivity contribution >= 4 is 11.7 Å². The Balaban J connectivity index is 1.49. The molecule has 1 atom stereocenters. The first kappa shape index (κ1) is 18.4. The number of benzene rings is 2. The fourth-order valence-electron chi connectivity index (χ4n) is 3.16. The lowest BCUT2D eigenvalue weighted by molar-refractivity contribution is 0.101. The first-order valence-corrected chi connectivity index (χ1v) is 9.11. The molecule has 0 unspecified atom stereocenters. The molecule has 1 heterocycles. The van der Waals surface area contributed by atoms with Crippen molar-refractivity contribution in [1.29, 1.82) is 0 Å². The van der Waals surface area contributed by atoms with Crippen LogP contribution in [-0.4, -0.2) is 37.2 Å². The molecule has 26 heavy (non-hydrogen) atoms. The molecule has 1 fully saturated rings. The zero-order chi connectivity index (χ0) is 18.4. The number of carbonyl (C=O) groups excluding carboxylic acids is 1. The Kier molecular flexibility index (Phi) is 6.23. The van der Waals surface area contributed by atoms with Gasteiger partial charge < -0.3 is 15.0 Å². The van der Waals surface area contributed by atoms with Crippen molar-refractivity contribution in [3.63, 3.8) is 0 Å². The molecule has 138 valence electrons. The van der Waals surface area contributed by atoms with Gasteiger partial charge >= 0.3 is 6.03 Å². The number of urea groups is 1. The normalized spacial score (nSPS) is 16.5. The Labute approximate surface area is 154 Å². The lowest BCUT2D eigenvalue weighted by Gasteiger charge is -2.19. The lowest BCUT2D eigenvalue weighted by Crippen LogP contribution is -2.32. The maximum absolute atomic E-state index is 13.3. The number of rotatable bonds is 6.